The molecular weight excluding hydrogens is 246 g/mol. The molecule has 0 bridgehead atoms. The Morgan fingerprint density at radius 3 is 2.59 bits per heavy atom. The van der Waals surface area contributed by atoms with Gasteiger partial charge in [-0.2, -0.15) is 0 Å². The Hall–Kier alpha value is -1.46. The summed E-state index contributed by atoms with van der Waals surface area (Å²) in [6.07, 6.45) is -0.973. The van der Waals surface area contributed by atoms with E-state index in [-0.39, 0.29) is 0 Å². The van der Waals surface area contributed by atoms with Crippen LogP contribution >= 0.6 is 11.3 Å². The Labute approximate surface area is 101 Å². The van der Waals surface area contributed by atoms with Gasteiger partial charge in [-0.15, -0.1) is 11.3 Å². The van der Waals surface area contributed by atoms with E-state index in [0.29, 0.717) is 16.2 Å². The molecule has 17 heavy (non-hydrogen) atoms. The highest BCUT2D eigenvalue weighted by Gasteiger charge is 2.15. The number of thiophene rings is 1. The first-order valence-electron chi connectivity index (χ1n) is 4.87. The van der Waals surface area contributed by atoms with Crippen molar-refractivity contribution in [3.63, 3.8) is 0 Å². The normalized spacial score (nSPS) is 12.5. The first kappa shape index (κ1) is 12.0. The molecule has 0 amide bonds. The lowest BCUT2D eigenvalue weighted by atomic mass is 10.1. The largest absolute Gasteiger partial charge is 0.496 e. The van der Waals surface area contributed by atoms with Crippen molar-refractivity contribution in [2.45, 2.75) is 6.10 Å². The third kappa shape index (κ3) is 2.45. The number of hydrogen-bond acceptors (Lipinski definition) is 3. The lowest BCUT2D eigenvalue weighted by molar-refractivity contribution is 0.223. The second-order valence-corrected chi connectivity index (χ2v) is 4.41. The number of methoxy groups -OCH3 is 1. The third-order valence-corrected chi connectivity index (χ3v) is 3.32. The van der Waals surface area contributed by atoms with E-state index in [9.17, 15) is 13.9 Å². The molecule has 1 aromatic carbocycles. The number of hydrogen-bond donors (Lipinski definition) is 1. The van der Waals surface area contributed by atoms with E-state index in [1.165, 1.54) is 24.5 Å². The van der Waals surface area contributed by atoms with Crippen LogP contribution in [0.4, 0.5) is 8.78 Å². The van der Waals surface area contributed by atoms with Crippen LogP contribution in [-0.2, 0) is 0 Å². The topological polar surface area (TPSA) is 29.5 Å². The molecule has 1 aromatic heterocycles. The summed E-state index contributed by atoms with van der Waals surface area (Å²) < 4.78 is 30.8. The fourth-order valence-corrected chi connectivity index (χ4v) is 2.30. The number of aliphatic hydroxyl groups is 1. The Morgan fingerprint density at radius 1 is 1.24 bits per heavy atom. The van der Waals surface area contributed by atoms with Crippen LogP contribution in [0.25, 0.3) is 0 Å². The van der Waals surface area contributed by atoms with Crippen molar-refractivity contribution in [2.24, 2.45) is 0 Å². The Morgan fingerprint density at radius 2 is 2.00 bits per heavy atom. The van der Waals surface area contributed by atoms with Gasteiger partial charge in [-0.05, 0) is 23.8 Å². The summed E-state index contributed by atoms with van der Waals surface area (Å²) in [6, 6.07) is 5.01. The van der Waals surface area contributed by atoms with E-state index >= 15 is 0 Å². The van der Waals surface area contributed by atoms with E-state index in [4.69, 9.17) is 4.74 Å². The maximum Gasteiger partial charge on any atom is 0.159 e. The highest BCUT2D eigenvalue weighted by atomic mass is 32.1. The molecule has 1 unspecified atom stereocenters. The van der Waals surface area contributed by atoms with Crippen LogP contribution in [-0.4, -0.2) is 12.2 Å². The summed E-state index contributed by atoms with van der Waals surface area (Å²) in [5.41, 5.74) is 0.313. The van der Waals surface area contributed by atoms with E-state index in [1.54, 1.807) is 11.4 Å². The van der Waals surface area contributed by atoms with Crippen molar-refractivity contribution in [1.82, 2.24) is 0 Å². The SMILES string of the molecule is COc1csc(C(O)c2ccc(F)c(F)c2)c1. The second-order valence-electron chi connectivity index (χ2n) is 3.46. The Bertz CT molecular complexity index is 525. The zero-order chi connectivity index (χ0) is 12.4. The van der Waals surface area contributed by atoms with Gasteiger partial charge in [-0.3, -0.25) is 0 Å². The van der Waals surface area contributed by atoms with Gasteiger partial charge in [0.25, 0.3) is 0 Å². The molecule has 2 rings (SSSR count). The lowest BCUT2D eigenvalue weighted by Crippen LogP contribution is -1.98. The van der Waals surface area contributed by atoms with Crippen LogP contribution in [0.15, 0.2) is 29.6 Å². The Kier molecular flexibility index (Phi) is 3.40. The molecule has 5 heteroatoms. The fourth-order valence-electron chi connectivity index (χ4n) is 1.43. The fraction of sp³-hybridized carbons (Fsp3) is 0.167. The van der Waals surface area contributed by atoms with E-state index in [0.717, 1.165) is 12.1 Å². The molecule has 0 radical (unpaired) electrons. The van der Waals surface area contributed by atoms with Gasteiger partial charge in [0, 0.05) is 10.3 Å². The highest BCUT2D eigenvalue weighted by Crippen LogP contribution is 2.31. The number of aliphatic hydroxyl groups excluding tert-OH is 1. The molecule has 1 atom stereocenters. The maximum atomic E-state index is 13.0. The molecule has 2 nitrogen and oxygen atoms in total. The maximum absolute atomic E-state index is 13.0. The second kappa shape index (κ2) is 4.81. The van der Waals surface area contributed by atoms with Crippen molar-refractivity contribution in [2.75, 3.05) is 7.11 Å². The average molecular weight is 256 g/mol. The van der Waals surface area contributed by atoms with E-state index < -0.39 is 17.7 Å². The van der Waals surface area contributed by atoms with Crippen molar-refractivity contribution < 1.29 is 18.6 Å². The number of benzene rings is 1. The summed E-state index contributed by atoms with van der Waals surface area (Å²) >= 11 is 1.30. The zero-order valence-corrected chi connectivity index (χ0v) is 9.80. The van der Waals surface area contributed by atoms with Crippen LogP contribution in [0.2, 0.25) is 0 Å². The third-order valence-electron chi connectivity index (χ3n) is 2.36. The highest BCUT2D eigenvalue weighted by molar-refractivity contribution is 7.10. The lowest BCUT2D eigenvalue weighted by Gasteiger charge is -2.08. The van der Waals surface area contributed by atoms with Crippen LogP contribution in [0.3, 0.4) is 0 Å². The number of halogens is 2. The minimum Gasteiger partial charge on any atom is -0.496 e. The summed E-state index contributed by atoms with van der Waals surface area (Å²) in [5.74, 6) is -1.26. The summed E-state index contributed by atoms with van der Waals surface area (Å²) in [6.45, 7) is 0. The quantitative estimate of drug-likeness (QED) is 0.914. The van der Waals surface area contributed by atoms with Crippen LogP contribution < -0.4 is 4.74 Å². The summed E-state index contributed by atoms with van der Waals surface area (Å²) in [5, 5.41) is 11.7. The minimum atomic E-state index is -0.973. The monoisotopic (exact) mass is 256 g/mol. The molecule has 0 aliphatic carbocycles. The van der Waals surface area contributed by atoms with Gasteiger partial charge < -0.3 is 9.84 Å². The van der Waals surface area contributed by atoms with Crippen molar-refractivity contribution in [3.05, 3.63) is 51.7 Å². The van der Waals surface area contributed by atoms with Gasteiger partial charge in [0.15, 0.2) is 11.6 Å². The smallest absolute Gasteiger partial charge is 0.159 e. The van der Waals surface area contributed by atoms with Gasteiger partial charge >= 0.3 is 0 Å². The van der Waals surface area contributed by atoms with Gasteiger partial charge in [0.1, 0.15) is 11.9 Å². The molecule has 0 aliphatic rings. The van der Waals surface area contributed by atoms with Gasteiger partial charge in [0.05, 0.1) is 7.11 Å². The predicted octanol–water partition coefficient (Wildman–Crippen LogP) is 3.12. The molecule has 0 aliphatic heterocycles. The molecule has 0 saturated heterocycles. The molecule has 1 N–H and O–H groups in total. The van der Waals surface area contributed by atoms with Crippen LogP contribution in [0.5, 0.6) is 5.75 Å². The van der Waals surface area contributed by atoms with Crippen molar-refractivity contribution in [3.8, 4) is 5.75 Å². The van der Waals surface area contributed by atoms with E-state index in [2.05, 4.69) is 0 Å². The molecule has 1 heterocycles. The first-order valence-corrected chi connectivity index (χ1v) is 5.75. The van der Waals surface area contributed by atoms with Gasteiger partial charge in [-0.1, -0.05) is 6.07 Å². The molecule has 0 spiro atoms. The number of ether oxygens (including phenoxy) is 1. The average Bonchev–Trinajstić information content (AvgIpc) is 2.80. The van der Waals surface area contributed by atoms with Crippen molar-refractivity contribution >= 4 is 11.3 Å². The van der Waals surface area contributed by atoms with Gasteiger partial charge in [0.2, 0.25) is 0 Å². The molecule has 0 saturated carbocycles. The number of rotatable bonds is 3. The van der Waals surface area contributed by atoms with Crippen molar-refractivity contribution in [1.29, 1.82) is 0 Å². The minimum absolute atomic E-state index is 0.313. The predicted molar refractivity (Wildman–Crippen MR) is 61.3 cm³/mol. The standard InChI is InChI=1S/C12H10F2O2S/c1-16-8-5-11(17-6-8)12(15)7-2-3-9(13)10(14)4-7/h2-6,12,15H,1H3. The van der Waals surface area contributed by atoms with Gasteiger partial charge in [-0.25, -0.2) is 8.78 Å². The van der Waals surface area contributed by atoms with Crippen LogP contribution in [0, 0.1) is 11.6 Å². The molecule has 0 fully saturated rings. The summed E-state index contributed by atoms with van der Waals surface area (Å²) in [4.78, 5) is 0.618. The molecular formula is C12H10F2O2S. The van der Waals surface area contributed by atoms with Crippen LogP contribution in [0.1, 0.15) is 16.5 Å². The Balaban J connectivity index is 2.29. The van der Waals surface area contributed by atoms with E-state index in [1.807, 2.05) is 0 Å². The molecule has 90 valence electrons. The first-order chi connectivity index (χ1) is 8.11. The molecule has 2 aromatic rings. The zero-order valence-electron chi connectivity index (χ0n) is 8.98. The summed E-state index contributed by atoms with van der Waals surface area (Å²) in [7, 11) is 1.52.